The number of aromatic nitrogens is 2. The number of fused-ring (bicyclic) bond motifs is 1. The molecule has 146 valence electrons. The Morgan fingerprint density at radius 1 is 1.14 bits per heavy atom. The first-order valence-electron chi connectivity index (χ1n) is 8.66. The Labute approximate surface area is 174 Å². The van der Waals surface area contributed by atoms with Crippen LogP contribution in [0.2, 0.25) is 0 Å². The van der Waals surface area contributed by atoms with Crippen molar-refractivity contribution in [3.8, 4) is 0 Å². The number of nitrogens with zero attached hydrogens (tertiary/aromatic N) is 3. The zero-order valence-corrected chi connectivity index (χ0v) is 16.9. The van der Waals surface area contributed by atoms with E-state index in [1.807, 2.05) is 24.5 Å². The Hall–Kier alpha value is -2.84. The smallest absolute Gasteiger partial charge is 0.260 e. The number of carbonyl (C=O) groups is 1. The molecule has 8 heteroatoms. The second-order valence-corrected chi connectivity index (χ2v) is 8.06. The summed E-state index contributed by atoms with van der Waals surface area (Å²) in [5, 5.41) is 0.287. The molecule has 0 saturated carbocycles. The van der Waals surface area contributed by atoms with Crippen LogP contribution in [0.3, 0.4) is 0 Å². The van der Waals surface area contributed by atoms with E-state index in [0.717, 1.165) is 22.3 Å². The van der Waals surface area contributed by atoms with Gasteiger partial charge in [0.25, 0.3) is 5.91 Å². The van der Waals surface area contributed by atoms with E-state index in [0.29, 0.717) is 16.0 Å². The third-order valence-electron chi connectivity index (χ3n) is 4.24. The highest BCUT2D eigenvalue weighted by Crippen LogP contribution is 2.33. The number of halogens is 2. The first-order valence-corrected chi connectivity index (χ1v) is 10.7. The number of thioether (sulfide) groups is 1. The predicted octanol–water partition coefficient (Wildman–Crippen LogP) is 5.54. The molecule has 0 unspecified atom stereocenters. The lowest BCUT2D eigenvalue weighted by Gasteiger charge is -2.20. The van der Waals surface area contributed by atoms with Gasteiger partial charge >= 0.3 is 0 Å². The van der Waals surface area contributed by atoms with Crippen LogP contribution in [0.25, 0.3) is 10.2 Å². The van der Waals surface area contributed by atoms with Crippen LogP contribution in [-0.2, 0) is 6.54 Å². The monoisotopic (exact) mass is 427 g/mol. The number of amides is 1. The number of thiazole rings is 1. The fraction of sp³-hybridized carbons (Fsp3) is 0.0952. The van der Waals surface area contributed by atoms with Gasteiger partial charge in [0.05, 0.1) is 16.9 Å². The normalized spacial score (nSPS) is 11.0. The first kappa shape index (κ1) is 19.5. The molecule has 0 aliphatic carbocycles. The van der Waals surface area contributed by atoms with Crippen molar-refractivity contribution in [1.29, 1.82) is 0 Å². The van der Waals surface area contributed by atoms with Crippen molar-refractivity contribution in [2.24, 2.45) is 0 Å². The average molecular weight is 428 g/mol. The first-order chi connectivity index (χ1) is 14.0. The third-order valence-corrected chi connectivity index (χ3v) is 5.99. The molecule has 29 heavy (non-hydrogen) atoms. The second kappa shape index (κ2) is 8.26. The molecule has 0 atom stereocenters. The molecule has 2 aromatic carbocycles. The van der Waals surface area contributed by atoms with Crippen LogP contribution in [-0.4, -0.2) is 22.1 Å². The van der Waals surface area contributed by atoms with Gasteiger partial charge < -0.3 is 0 Å². The van der Waals surface area contributed by atoms with E-state index in [1.54, 1.807) is 30.5 Å². The van der Waals surface area contributed by atoms with Crippen molar-refractivity contribution in [1.82, 2.24) is 9.97 Å². The van der Waals surface area contributed by atoms with E-state index in [4.69, 9.17) is 0 Å². The van der Waals surface area contributed by atoms with E-state index in [1.165, 1.54) is 22.7 Å². The van der Waals surface area contributed by atoms with Crippen molar-refractivity contribution in [3.05, 3.63) is 83.7 Å². The van der Waals surface area contributed by atoms with E-state index in [9.17, 15) is 13.6 Å². The molecule has 0 aliphatic heterocycles. The lowest BCUT2D eigenvalue weighted by Crippen LogP contribution is -2.30. The highest BCUT2D eigenvalue weighted by Gasteiger charge is 2.23. The maximum atomic E-state index is 14.2. The summed E-state index contributed by atoms with van der Waals surface area (Å²) in [6, 6.07) is 14.7. The van der Waals surface area contributed by atoms with Crippen molar-refractivity contribution in [3.63, 3.8) is 0 Å². The Morgan fingerprint density at radius 3 is 2.76 bits per heavy atom. The van der Waals surface area contributed by atoms with Gasteiger partial charge in [0.15, 0.2) is 10.9 Å². The SMILES string of the molecule is CSc1cccc(C(=O)N(Cc2ccccn2)c2nc3c(F)cc(F)cc3s2)c1. The Kier molecular flexibility index (Phi) is 5.55. The number of hydrogen-bond donors (Lipinski definition) is 0. The van der Waals surface area contributed by atoms with Crippen LogP contribution in [0.5, 0.6) is 0 Å². The van der Waals surface area contributed by atoms with Gasteiger partial charge in [0.1, 0.15) is 11.3 Å². The third kappa shape index (κ3) is 4.13. The van der Waals surface area contributed by atoms with Gasteiger partial charge in [-0.3, -0.25) is 14.7 Å². The second-order valence-electron chi connectivity index (χ2n) is 6.18. The number of rotatable bonds is 5. The van der Waals surface area contributed by atoms with E-state index >= 15 is 0 Å². The molecule has 4 aromatic rings. The largest absolute Gasteiger partial charge is 0.278 e. The van der Waals surface area contributed by atoms with Gasteiger partial charge in [-0.1, -0.05) is 23.5 Å². The predicted molar refractivity (Wildman–Crippen MR) is 113 cm³/mol. The summed E-state index contributed by atoms with van der Waals surface area (Å²) in [5.41, 5.74) is 1.19. The minimum atomic E-state index is -0.753. The van der Waals surface area contributed by atoms with Gasteiger partial charge in [0.2, 0.25) is 0 Å². The summed E-state index contributed by atoms with van der Waals surface area (Å²) in [5.74, 6) is -1.72. The van der Waals surface area contributed by atoms with Gasteiger partial charge in [-0.05, 0) is 42.7 Å². The van der Waals surface area contributed by atoms with Crippen LogP contribution in [0.1, 0.15) is 16.1 Å². The zero-order valence-electron chi connectivity index (χ0n) is 15.3. The zero-order chi connectivity index (χ0) is 20.4. The Morgan fingerprint density at radius 2 is 2.00 bits per heavy atom. The van der Waals surface area contributed by atoms with E-state index < -0.39 is 11.6 Å². The highest BCUT2D eigenvalue weighted by molar-refractivity contribution is 7.98. The van der Waals surface area contributed by atoms with Gasteiger partial charge in [-0.25, -0.2) is 13.8 Å². The minimum absolute atomic E-state index is 0.0445. The molecule has 0 saturated heterocycles. The molecular formula is C21H15F2N3OS2. The molecule has 0 radical (unpaired) electrons. The standard InChI is InChI=1S/C21H15F2N3OS2/c1-28-16-7-4-5-13(9-16)20(27)26(12-15-6-2-3-8-24-15)21-25-19-17(23)10-14(22)11-18(19)29-21/h2-11H,12H2,1H3. The van der Waals surface area contributed by atoms with Crippen molar-refractivity contribution >= 4 is 44.4 Å². The van der Waals surface area contributed by atoms with Crippen molar-refractivity contribution in [2.75, 3.05) is 11.2 Å². The van der Waals surface area contributed by atoms with Gasteiger partial charge in [0, 0.05) is 22.7 Å². The number of hydrogen-bond acceptors (Lipinski definition) is 5. The van der Waals surface area contributed by atoms with Crippen LogP contribution < -0.4 is 4.90 Å². The van der Waals surface area contributed by atoms with Crippen LogP contribution in [0.4, 0.5) is 13.9 Å². The van der Waals surface area contributed by atoms with Gasteiger partial charge in [-0.2, -0.15) is 0 Å². The number of pyridine rings is 1. The fourth-order valence-electron chi connectivity index (χ4n) is 2.85. The maximum absolute atomic E-state index is 14.2. The summed E-state index contributed by atoms with van der Waals surface area (Å²) >= 11 is 2.60. The molecule has 0 fully saturated rings. The van der Waals surface area contributed by atoms with Crippen LogP contribution >= 0.6 is 23.1 Å². The lowest BCUT2D eigenvalue weighted by molar-refractivity contribution is 0.0984. The molecular weight excluding hydrogens is 412 g/mol. The molecule has 2 heterocycles. The van der Waals surface area contributed by atoms with Crippen molar-refractivity contribution in [2.45, 2.75) is 11.4 Å². The molecule has 0 N–H and O–H groups in total. The average Bonchev–Trinajstić information content (AvgIpc) is 3.16. The van der Waals surface area contributed by atoms with Gasteiger partial charge in [-0.15, -0.1) is 11.8 Å². The topological polar surface area (TPSA) is 46.1 Å². The minimum Gasteiger partial charge on any atom is -0.278 e. The maximum Gasteiger partial charge on any atom is 0.260 e. The molecule has 0 bridgehead atoms. The molecule has 0 spiro atoms. The Balaban J connectivity index is 1.79. The molecule has 4 nitrogen and oxygen atoms in total. The molecule has 1 amide bonds. The van der Waals surface area contributed by atoms with Crippen LogP contribution in [0, 0.1) is 11.6 Å². The highest BCUT2D eigenvalue weighted by atomic mass is 32.2. The summed E-state index contributed by atoms with van der Waals surface area (Å²) < 4.78 is 28.1. The van der Waals surface area contributed by atoms with E-state index in [-0.39, 0.29) is 23.1 Å². The number of benzene rings is 2. The van der Waals surface area contributed by atoms with Crippen LogP contribution in [0.15, 0.2) is 65.7 Å². The quantitative estimate of drug-likeness (QED) is 0.393. The van der Waals surface area contributed by atoms with Crippen molar-refractivity contribution < 1.29 is 13.6 Å². The molecule has 4 rings (SSSR count). The Bertz CT molecular complexity index is 1180. The molecule has 0 aliphatic rings. The summed E-state index contributed by atoms with van der Waals surface area (Å²) in [4.78, 5) is 24.3. The summed E-state index contributed by atoms with van der Waals surface area (Å²) in [6.07, 6.45) is 3.57. The lowest BCUT2D eigenvalue weighted by atomic mass is 10.2. The number of anilines is 1. The van der Waals surface area contributed by atoms with E-state index in [2.05, 4.69) is 9.97 Å². The summed E-state index contributed by atoms with van der Waals surface area (Å²) in [7, 11) is 0. The number of carbonyl (C=O) groups excluding carboxylic acids is 1. The molecule has 2 aromatic heterocycles. The summed E-state index contributed by atoms with van der Waals surface area (Å²) in [6.45, 7) is 0.160. The fourth-order valence-corrected chi connectivity index (χ4v) is 4.31.